The smallest absolute Gasteiger partial charge is 0.264 e. The van der Waals surface area contributed by atoms with Crippen molar-refractivity contribution >= 4 is 33.3 Å². The average molecular weight is 209 g/mol. The van der Waals surface area contributed by atoms with E-state index in [0.717, 1.165) is 13.4 Å². The van der Waals surface area contributed by atoms with Gasteiger partial charge in [0.15, 0.2) is 0 Å². The highest BCUT2D eigenvalue weighted by molar-refractivity contribution is 7.85. The van der Waals surface area contributed by atoms with Gasteiger partial charge in [0.1, 0.15) is 4.84 Å². The van der Waals surface area contributed by atoms with Gasteiger partial charge in [0.25, 0.3) is 10.1 Å². The number of alkyl halides is 2. The van der Waals surface area contributed by atoms with Crippen molar-refractivity contribution in [1.82, 2.24) is 0 Å². The highest BCUT2D eigenvalue weighted by Gasteiger charge is 1.90. The molecule has 0 bridgehead atoms. The first kappa shape index (κ1) is 13.1. The van der Waals surface area contributed by atoms with E-state index in [2.05, 4.69) is 4.18 Å². The molecule has 0 aromatic rings. The summed E-state index contributed by atoms with van der Waals surface area (Å²) in [6.45, 7) is 1.70. The third kappa shape index (κ3) is 39.1. The molecule has 0 fully saturated rings. The number of hydrogen-bond donors (Lipinski definition) is 0. The van der Waals surface area contributed by atoms with Gasteiger partial charge < -0.3 is 0 Å². The molecule has 3 nitrogen and oxygen atoms in total. The molecule has 0 aliphatic rings. The minimum absolute atomic E-state index is 0.222. The SMILES string of the molecule is CC(Cl)Cl.COS(C)(=O)=O. The standard InChI is InChI=1S/C2H4Cl2.C2H6O3S/c1-2(3)4;1-5-6(2,3)4/h2H,1H3;1-2H3. The van der Waals surface area contributed by atoms with Crippen LogP contribution in [-0.4, -0.2) is 26.6 Å². The molecule has 0 aromatic carbocycles. The van der Waals surface area contributed by atoms with Crippen LogP contribution in [0.3, 0.4) is 0 Å². The maximum atomic E-state index is 9.78. The van der Waals surface area contributed by atoms with Crippen LogP contribution >= 0.6 is 23.2 Å². The second-order valence-corrected chi connectivity index (χ2v) is 4.66. The Hall–Kier alpha value is 0.490. The van der Waals surface area contributed by atoms with E-state index in [-0.39, 0.29) is 4.84 Å². The first-order valence-electron chi connectivity index (χ1n) is 2.33. The fourth-order valence-electron chi connectivity index (χ4n) is 0. The summed E-state index contributed by atoms with van der Waals surface area (Å²) in [5.41, 5.74) is 0. The van der Waals surface area contributed by atoms with Crippen molar-refractivity contribution in [3.8, 4) is 0 Å². The summed E-state index contributed by atoms with van der Waals surface area (Å²) in [5.74, 6) is 0. The Bertz CT molecular complexity index is 149. The van der Waals surface area contributed by atoms with Gasteiger partial charge in [0, 0.05) is 0 Å². The van der Waals surface area contributed by atoms with Gasteiger partial charge in [0.2, 0.25) is 0 Å². The van der Waals surface area contributed by atoms with E-state index in [1.807, 2.05) is 0 Å². The molecule has 10 heavy (non-hydrogen) atoms. The molecule has 0 spiro atoms. The Kier molecular flexibility index (Phi) is 8.15. The lowest BCUT2D eigenvalue weighted by Gasteiger charge is -1.84. The van der Waals surface area contributed by atoms with Crippen LogP contribution in [0.1, 0.15) is 6.92 Å². The molecule has 0 unspecified atom stereocenters. The van der Waals surface area contributed by atoms with Crippen LogP contribution in [0.15, 0.2) is 0 Å². The molecule has 64 valence electrons. The molecule has 0 aliphatic heterocycles. The molecule has 0 saturated heterocycles. The van der Waals surface area contributed by atoms with Crippen molar-refractivity contribution < 1.29 is 12.6 Å². The highest BCUT2D eigenvalue weighted by atomic mass is 35.5. The molecule has 0 aliphatic carbocycles. The molecule has 0 atom stereocenters. The zero-order chi connectivity index (χ0) is 8.78. The van der Waals surface area contributed by atoms with Crippen molar-refractivity contribution in [2.75, 3.05) is 13.4 Å². The van der Waals surface area contributed by atoms with Crippen LogP contribution < -0.4 is 0 Å². The van der Waals surface area contributed by atoms with Gasteiger partial charge in [-0.1, -0.05) is 0 Å². The monoisotopic (exact) mass is 208 g/mol. The number of rotatable bonds is 1. The summed E-state index contributed by atoms with van der Waals surface area (Å²) >= 11 is 10.1. The Balaban J connectivity index is 0. The fraction of sp³-hybridized carbons (Fsp3) is 1.00. The molecule has 0 rings (SSSR count). The molecule has 6 heteroatoms. The minimum atomic E-state index is -3.16. The summed E-state index contributed by atoms with van der Waals surface area (Å²) in [5, 5.41) is 0. The van der Waals surface area contributed by atoms with Crippen LogP contribution in [0.4, 0.5) is 0 Å². The quantitative estimate of drug-likeness (QED) is 0.484. The molecule has 0 radical (unpaired) electrons. The van der Waals surface area contributed by atoms with Gasteiger partial charge in [-0.3, -0.25) is 4.18 Å². The maximum absolute atomic E-state index is 9.78. The van der Waals surface area contributed by atoms with Crippen LogP contribution in [-0.2, 0) is 14.3 Å². The topological polar surface area (TPSA) is 43.4 Å². The van der Waals surface area contributed by atoms with E-state index in [0.29, 0.717) is 0 Å². The molecular formula is C4H10Cl2O3S. The number of halogens is 2. The molecule has 0 saturated carbocycles. The number of hydrogen-bond acceptors (Lipinski definition) is 3. The molecular weight excluding hydrogens is 199 g/mol. The summed E-state index contributed by atoms with van der Waals surface area (Å²) in [7, 11) is -2.04. The zero-order valence-corrected chi connectivity index (χ0v) is 8.29. The first-order valence-corrected chi connectivity index (χ1v) is 5.02. The Labute approximate surface area is 71.4 Å². The summed E-state index contributed by atoms with van der Waals surface area (Å²) < 4.78 is 23.5. The molecule has 0 aromatic heterocycles. The van der Waals surface area contributed by atoms with Gasteiger partial charge in [-0.25, -0.2) is 0 Å². The Morgan fingerprint density at radius 2 is 1.50 bits per heavy atom. The van der Waals surface area contributed by atoms with E-state index in [9.17, 15) is 8.42 Å². The van der Waals surface area contributed by atoms with Crippen molar-refractivity contribution in [3.63, 3.8) is 0 Å². The van der Waals surface area contributed by atoms with E-state index < -0.39 is 10.1 Å². The normalized spacial score (nSPS) is 10.6. The predicted octanol–water partition coefficient (Wildman–Crippen LogP) is 1.40. The second kappa shape index (κ2) is 6.22. The maximum Gasteiger partial charge on any atom is 0.264 e. The Morgan fingerprint density at radius 3 is 1.50 bits per heavy atom. The van der Waals surface area contributed by atoms with E-state index >= 15 is 0 Å². The van der Waals surface area contributed by atoms with Crippen molar-refractivity contribution in [3.05, 3.63) is 0 Å². The van der Waals surface area contributed by atoms with Crippen LogP contribution in [0.25, 0.3) is 0 Å². The Morgan fingerprint density at radius 1 is 1.40 bits per heavy atom. The minimum Gasteiger partial charge on any atom is -0.274 e. The van der Waals surface area contributed by atoms with Crippen LogP contribution in [0, 0.1) is 0 Å². The predicted molar refractivity (Wildman–Crippen MR) is 43.0 cm³/mol. The highest BCUT2D eigenvalue weighted by Crippen LogP contribution is 1.95. The summed E-state index contributed by atoms with van der Waals surface area (Å²) in [6, 6.07) is 0. The summed E-state index contributed by atoms with van der Waals surface area (Å²) in [6.07, 6.45) is 0.993. The van der Waals surface area contributed by atoms with Gasteiger partial charge in [0.05, 0.1) is 13.4 Å². The molecule has 0 heterocycles. The van der Waals surface area contributed by atoms with E-state index in [4.69, 9.17) is 23.2 Å². The molecule has 0 N–H and O–H groups in total. The molecule has 0 amide bonds. The second-order valence-electron chi connectivity index (χ2n) is 1.39. The van der Waals surface area contributed by atoms with Crippen molar-refractivity contribution in [2.45, 2.75) is 11.8 Å². The summed E-state index contributed by atoms with van der Waals surface area (Å²) in [4.78, 5) is -0.222. The first-order chi connectivity index (χ1) is 4.29. The lowest BCUT2D eigenvalue weighted by molar-refractivity contribution is 0.403. The fourth-order valence-corrected chi connectivity index (χ4v) is 0. The van der Waals surface area contributed by atoms with Gasteiger partial charge in [-0.15, -0.1) is 23.2 Å². The zero-order valence-electron chi connectivity index (χ0n) is 5.97. The third-order valence-corrected chi connectivity index (χ3v) is 0.908. The van der Waals surface area contributed by atoms with E-state index in [1.54, 1.807) is 6.92 Å². The third-order valence-electron chi connectivity index (χ3n) is 0.303. The lowest BCUT2D eigenvalue weighted by atomic mass is 11.0. The van der Waals surface area contributed by atoms with Crippen molar-refractivity contribution in [1.29, 1.82) is 0 Å². The van der Waals surface area contributed by atoms with Crippen LogP contribution in [0.2, 0.25) is 0 Å². The largest absolute Gasteiger partial charge is 0.274 e. The van der Waals surface area contributed by atoms with Crippen molar-refractivity contribution in [2.24, 2.45) is 0 Å². The van der Waals surface area contributed by atoms with Gasteiger partial charge in [-0.2, -0.15) is 8.42 Å². The van der Waals surface area contributed by atoms with Gasteiger partial charge >= 0.3 is 0 Å². The lowest BCUT2D eigenvalue weighted by Crippen LogP contribution is -1.95. The van der Waals surface area contributed by atoms with Crippen LogP contribution in [0.5, 0.6) is 0 Å². The van der Waals surface area contributed by atoms with E-state index in [1.165, 1.54) is 0 Å². The van der Waals surface area contributed by atoms with Gasteiger partial charge in [-0.05, 0) is 6.92 Å². The average Bonchev–Trinajstić information content (AvgIpc) is 1.63.